The van der Waals surface area contributed by atoms with Gasteiger partial charge in [0.15, 0.2) is 4.80 Å². The monoisotopic (exact) mass is 514 g/mol. The molecule has 2 heterocycles. The van der Waals surface area contributed by atoms with E-state index in [0.29, 0.717) is 31.9 Å². The van der Waals surface area contributed by atoms with Crippen molar-refractivity contribution in [2.24, 2.45) is 4.99 Å². The van der Waals surface area contributed by atoms with Crippen LogP contribution in [0.3, 0.4) is 0 Å². The maximum atomic E-state index is 13.9. The van der Waals surface area contributed by atoms with E-state index in [0.717, 1.165) is 22.1 Å². The largest absolute Gasteiger partial charge is 0.496 e. The number of esters is 1. The summed E-state index contributed by atoms with van der Waals surface area (Å²) < 4.78 is 18.6. The van der Waals surface area contributed by atoms with Gasteiger partial charge in [-0.15, -0.1) is 0 Å². The van der Waals surface area contributed by atoms with Crippen molar-refractivity contribution in [3.63, 3.8) is 0 Å². The lowest BCUT2D eigenvalue weighted by Gasteiger charge is -2.25. The Kier molecular flexibility index (Phi) is 6.67. The average Bonchev–Trinajstić information content (AvgIpc) is 3.22. The van der Waals surface area contributed by atoms with Gasteiger partial charge in [-0.25, -0.2) is 9.79 Å². The molecule has 8 heteroatoms. The number of fused-ring (bicyclic) bond motifs is 2. The molecule has 188 valence electrons. The summed E-state index contributed by atoms with van der Waals surface area (Å²) in [7, 11) is 3.21. The molecule has 0 bridgehead atoms. The zero-order valence-electron chi connectivity index (χ0n) is 21.0. The van der Waals surface area contributed by atoms with Crippen molar-refractivity contribution in [1.82, 2.24) is 4.57 Å². The molecule has 4 aromatic rings. The molecular weight excluding hydrogens is 488 g/mol. The van der Waals surface area contributed by atoms with Crippen LogP contribution in [-0.4, -0.2) is 31.4 Å². The van der Waals surface area contributed by atoms with Crippen molar-refractivity contribution < 1.29 is 19.0 Å². The smallest absolute Gasteiger partial charge is 0.338 e. The van der Waals surface area contributed by atoms with E-state index < -0.39 is 12.0 Å². The van der Waals surface area contributed by atoms with Crippen LogP contribution in [0.15, 0.2) is 81.7 Å². The molecule has 37 heavy (non-hydrogen) atoms. The number of aromatic nitrogens is 1. The van der Waals surface area contributed by atoms with E-state index >= 15 is 0 Å². The van der Waals surface area contributed by atoms with Crippen LogP contribution in [0.5, 0.6) is 11.5 Å². The maximum absolute atomic E-state index is 13.9. The molecule has 0 saturated heterocycles. The van der Waals surface area contributed by atoms with Gasteiger partial charge in [-0.1, -0.05) is 59.9 Å². The number of allylic oxidation sites excluding steroid dienone is 1. The summed E-state index contributed by atoms with van der Waals surface area (Å²) in [6.45, 7) is 3.73. The first-order valence-corrected chi connectivity index (χ1v) is 12.7. The predicted molar refractivity (Wildman–Crippen MR) is 144 cm³/mol. The van der Waals surface area contributed by atoms with Gasteiger partial charge in [0, 0.05) is 10.9 Å². The third-order valence-corrected chi connectivity index (χ3v) is 7.36. The van der Waals surface area contributed by atoms with Crippen LogP contribution in [-0.2, 0) is 9.53 Å². The first kappa shape index (κ1) is 24.5. The van der Waals surface area contributed by atoms with E-state index in [4.69, 9.17) is 14.2 Å². The van der Waals surface area contributed by atoms with E-state index in [1.807, 2.05) is 66.7 Å². The number of ether oxygens (including phenoxy) is 3. The summed E-state index contributed by atoms with van der Waals surface area (Å²) in [6.07, 6.45) is 1.87. The minimum absolute atomic E-state index is 0.212. The van der Waals surface area contributed by atoms with E-state index in [-0.39, 0.29) is 12.2 Å². The van der Waals surface area contributed by atoms with Crippen molar-refractivity contribution in [3.05, 3.63) is 103 Å². The van der Waals surface area contributed by atoms with Crippen molar-refractivity contribution >= 4 is 34.2 Å². The van der Waals surface area contributed by atoms with Crippen molar-refractivity contribution in [3.8, 4) is 11.5 Å². The van der Waals surface area contributed by atoms with Crippen LogP contribution in [0.2, 0.25) is 0 Å². The molecule has 0 saturated carbocycles. The topological polar surface area (TPSA) is 79.1 Å². The number of carbonyl (C=O) groups is 1. The van der Waals surface area contributed by atoms with Crippen molar-refractivity contribution in [1.29, 1.82) is 0 Å². The minimum Gasteiger partial charge on any atom is -0.496 e. The number of thiazole rings is 1. The number of hydrogen-bond acceptors (Lipinski definition) is 7. The van der Waals surface area contributed by atoms with Crippen LogP contribution in [0.4, 0.5) is 0 Å². The van der Waals surface area contributed by atoms with Crippen LogP contribution in [0.25, 0.3) is 16.8 Å². The lowest BCUT2D eigenvalue weighted by atomic mass is 9.95. The van der Waals surface area contributed by atoms with E-state index in [1.54, 1.807) is 32.6 Å². The highest BCUT2D eigenvalue weighted by Crippen LogP contribution is 2.35. The SMILES string of the molecule is CCOC(=O)C1=C(C)N=c2sc(=Cc3ccc(OC)c4ccccc34)c(=O)n2C1c1ccccc1OC. The number of carbonyl (C=O) groups excluding carboxylic acids is 1. The van der Waals surface area contributed by atoms with Gasteiger partial charge < -0.3 is 14.2 Å². The highest BCUT2D eigenvalue weighted by Gasteiger charge is 2.34. The molecule has 7 nitrogen and oxygen atoms in total. The van der Waals surface area contributed by atoms with Gasteiger partial charge in [0.2, 0.25) is 0 Å². The fourth-order valence-corrected chi connectivity index (χ4v) is 5.76. The summed E-state index contributed by atoms with van der Waals surface area (Å²) in [4.78, 5) is 32.2. The summed E-state index contributed by atoms with van der Waals surface area (Å²) >= 11 is 1.29. The van der Waals surface area contributed by atoms with E-state index in [2.05, 4.69) is 4.99 Å². The van der Waals surface area contributed by atoms with Crippen LogP contribution >= 0.6 is 11.3 Å². The first-order chi connectivity index (χ1) is 18.0. The standard InChI is InChI=1S/C29H26N2O5S/c1-5-36-28(33)25-17(2)30-29-31(26(25)21-12-8-9-13-22(21)34-3)27(32)24(37-29)16-18-14-15-23(35-4)20-11-7-6-10-19(18)20/h6-16,26H,5H2,1-4H3. The molecule has 1 aliphatic heterocycles. The van der Waals surface area contributed by atoms with Gasteiger partial charge in [-0.3, -0.25) is 9.36 Å². The molecule has 5 rings (SSSR count). The minimum atomic E-state index is -0.735. The highest BCUT2D eigenvalue weighted by atomic mass is 32.1. The molecule has 1 aliphatic rings. The molecule has 1 aromatic heterocycles. The average molecular weight is 515 g/mol. The Morgan fingerprint density at radius 1 is 1.00 bits per heavy atom. The van der Waals surface area contributed by atoms with Gasteiger partial charge in [0.1, 0.15) is 17.5 Å². The lowest BCUT2D eigenvalue weighted by Crippen LogP contribution is -2.40. The second-order valence-corrected chi connectivity index (χ2v) is 9.46. The number of benzene rings is 3. The summed E-state index contributed by atoms with van der Waals surface area (Å²) in [5.74, 6) is 0.829. The third-order valence-electron chi connectivity index (χ3n) is 6.37. The normalized spacial score (nSPS) is 15.4. The quantitative estimate of drug-likeness (QED) is 0.364. The molecule has 1 unspecified atom stereocenters. The lowest BCUT2D eigenvalue weighted by molar-refractivity contribution is -0.139. The first-order valence-electron chi connectivity index (χ1n) is 11.9. The molecule has 0 N–H and O–H groups in total. The zero-order valence-corrected chi connectivity index (χ0v) is 21.8. The summed E-state index contributed by atoms with van der Waals surface area (Å²) in [5.41, 5.74) is 2.16. The Labute approximate surface area is 217 Å². The number of methoxy groups -OCH3 is 2. The second-order valence-electron chi connectivity index (χ2n) is 8.45. The molecular formula is C29H26N2O5S. The second kappa shape index (κ2) is 10.1. The fraction of sp³-hybridized carbons (Fsp3) is 0.207. The van der Waals surface area contributed by atoms with Gasteiger partial charge in [0.05, 0.1) is 36.6 Å². The van der Waals surface area contributed by atoms with Gasteiger partial charge >= 0.3 is 5.97 Å². The number of nitrogens with zero attached hydrogens (tertiary/aromatic N) is 2. The Hall–Kier alpha value is -4.17. The number of rotatable bonds is 6. The third kappa shape index (κ3) is 4.23. The van der Waals surface area contributed by atoms with Crippen LogP contribution in [0.1, 0.15) is 31.0 Å². The van der Waals surface area contributed by atoms with Crippen LogP contribution in [0, 0.1) is 0 Å². The molecule has 3 aromatic carbocycles. The van der Waals surface area contributed by atoms with Crippen molar-refractivity contribution in [2.45, 2.75) is 19.9 Å². The summed E-state index contributed by atoms with van der Waals surface area (Å²) in [5, 5.41) is 1.93. The maximum Gasteiger partial charge on any atom is 0.338 e. The summed E-state index contributed by atoms with van der Waals surface area (Å²) in [6, 6.07) is 18.4. The van der Waals surface area contributed by atoms with E-state index in [9.17, 15) is 9.59 Å². The van der Waals surface area contributed by atoms with E-state index in [1.165, 1.54) is 11.3 Å². The van der Waals surface area contributed by atoms with Gasteiger partial charge in [-0.05, 0) is 43.0 Å². The molecule has 0 amide bonds. The molecule has 1 atom stereocenters. The van der Waals surface area contributed by atoms with Gasteiger partial charge in [0.25, 0.3) is 5.56 Å². The van der Waals surface area contributed by atoms with Crippen LogP contribution < -0.4 is 24.4 Å². The number of hydrogen-bond donors (Lipinski definition) is 0. The van der Waals surface area contributed by atoms with Gasteiger partial charge in [-0.2, -0.15) is 0 Å². The Morgan fingerprint density at radius 3 is 2.43 bits per heavy atom. The molecule has 0 fully saturated rings. The fourth-order valence-electron chi connectivity index (χ4n) is 4.72. The number of para-hydroxylation sites is 1. The Balaban J connectivity index is 1.77. The molecule has 0 spiro atoms. The molecule has 0 aliphatic carbocycles. The Bertz CT molecular complexity index is 1730. The highest BCUT2D eigenvalue weighted by molar-refractivity contribution is 7.07. The molecule has 0 radical (unpaired) electrons. The zero-order chi connectivity index (χ0) is 26.1. The Morgan fingerprint density at radius 2 is 1.70 bits per heavy atom. The predicted octanol–water partition coefficient (Wildman–Crippen LogP) is 3.97. The van der Waals surface area contributed by atoms with Crippen molar-refractivity contribution in [2.75, 3.05) is 20.8 Å².